The van der Waals surface area contributed by atoms with Gasteiger partial charge in [-0.25, -0.2) is 4.98 Å². The van der Waals surface area contributed by atoms with Crippen LogP contribution in [0.2, 0.25) is 0 Å². The number of nitrogens with one attached hydrogen (secondary N) is 2. The maximum absolute atomic E-state index is 12.6. The van der Waals surface area contributed by atoms with E-state index < -0.39 is 12.6 Å². The van der Waals surface area contributed by atoms with E-state index in [-0.39, 0.29) is 23.4 Å². The molecule has 0 atom stereocenters. The van der Waals surface area contributed by atoms with Crippen LogP contribution in [0.5, 0.6) is 0 Å². The summed E-state index contributed by atoms with van der Waals surface area (Å²) in [6.07, 6.45) is -0.542. The van der Waals surface area contributed by atoms with Gasteiger partial charge >= 0.3 is 6.18 Å². The molecule has 2 aromatic heterocycles. The molecule has 0 saturated carbocycles. The minimum Gasteiger partial charge on any atom is -0.381 e. The molecule has 3 heterocycles. The molecule has 0 unspecified atom stereocenters. The predicted molar refractivity (Wildman–Crippen MR) is 90.7 cm³/mol. The van der Waals surface area contributed by atoms with E-state index in [0.717, 1.165) is 24.2 Å². The molecule has 0 aromatic carbocycles. The molecular formula is C16H21F3N6O. The Morgan fingerprint density at radius 2 is 2.04 bits per heavy atom. The zero-order valence-electron chi connectivity index (χ0n) is 14.6. The first-order chi connectivity index (χ1) is 12.4. The van der Waals surface area contributed by atoms with Gasteiger partial charge in [-0.05, 0) is 19.8 Å². The van der Waals surface area contributed by atoms with E-state index in [2.05, 4.69) is 25.7 Å². The molecule has 1 saturated heterocycles. The molecule has 7 nitrogen and oxygen atoms in total. The number of anilines is 3. The van der Waals surface area contributed by atoms with Crippen LogP contribution in [0.1, 0.15) is 30.1 Å². The zero-order chi connectivity index (χ0) is 18.7. The quantitative estimate of drug-likeness (QED) is 0.842. The number of hydrogen-bond donors (Lipinski definition) is 2. The van der Waals surface area contributed by atoms with Gasteiger partial charge in [0.1, 0.15) is 5.82 Å². The molecule has 1 aliphatic heterocycles. The van der Waals surface area contributed by atoms with Gasteiger partial charge in [-0.2, -0.15) is 23.3 Å². The van der Waals surface area contributed by atoms with Crippen LogP contribution in [0.4, 0.5) is 30.6 Å². The highest BCUT2D eigenvalue weighted by atomic mass is 19.4. The molecule has 1 aliphatic rings. The first kappa shape index (κ1) is 18.4. The van der Waals surface area contributed by atoms with E-state index in [9.17, 15) is 13.2 Å². The molecule has 0 radical (unpaired) electrons. The van der Waals surface area contributed by atoms with Crippen molar-refractivity contribution < 1.29 is 17.9 Å². The van der Waals surface area contributed by atoms with Crippen LogP contribution in [-0.2, 0) is 11.2 Å². The second kappa shape index (κ2) is 7.48. The van der Waals surface area contributed by atoms with Gasteiger partial charge in [0.15, 0.2) is 0 Å². The predicted octanol–water partition coefficient (Wildman–Crippen LogP) is 3.22. The van der Waals surface area contributed by atoms with Gasteiger partial charge < -0.3 is 15.4 Å². The van der Waals surface area contributed by atoms with Gasteiger partial charge in [0, 0.05) is 38.2 Å². The monoisotopic (exact) mass is 370 g/mol. The van der Waals surface area contributed by atoms with Crippen molar-refractivity contribution in [2.75, 3.05) is 30.9 Å². The van der Waals surface area contributed by atoms with Crippen LogP contribution in [-0.4, -0.2) is 46.2 Å². The maximum Gasteiger partial charge on any atom is 0.393 e. The summed E-state index contributed by atoms with van der Waals surface area (Å²) in [6, 6.07) is 0.279. The Balaban J connectivity index is 1.77. The van der Waals surface area contributed by atoms with Crippen molar-refractivity contribution in [3.63, 3.8) is 0 Å². The van der Waals surface area contributed by atoms with E-state index in [4.69, 9.17) is 4.74 Å². The lowest BCUT2D eigenvalue weighted by Gasteiger charge is -2.22. The van der Waals surface area contributed by atoms with Crippen LogP contribution >= 0.6 is 0 Å². The average Bonchev–Trinajstić information content (AvgIpc) is 2.96. The SMILES string of the molecule is CNc1nc(Nc2cn(C3CCOCC3)nc2C)ncc1CC(F)(F)F. The molecule has 1 fully saturated rings. The number of nitrogens with zero attached hydrogens (tertiary/aromatic N) is 4. The summed E-state index contributed by atoms with van der Waals surface area (Å²) < 4.78 is 45.1. The molecule has 2 N–H and O–H groups in total. The normalized spacial score (nSPS) is 15.9. The summed E-state index contributed by atoms with van der Waals surface area (Å²) in [5, 5.41) is 10.2. The summed E-state index contributed by atoms with van der Waals surface area (Å²) in [5.41, 5.74) is 1.49. The van der Waals surface area contributed by atoms with Crippen LogP contribution in [0.25, 0.3) is 0 Å². The van der Waals surface area contributed by atoms with Crippen molar-refractivity contribution in [2.45, 2.75) is 38.4 Å². The minimum atomic E-state index is -4.31. The zero-order valence-corrected chi connectivity index (χ0v) is 14.6. The van der Waals surface area contributed by atoms with Gasteiger partial charge in [-0.3, -0.25) is 4.68 Å². The number of hydrogen-bond acceptors (Lipinski definition) is 6. The number of aryl methyl sites for hydroxylation is 1. The van der Waals surface area contributed by atoms with Crippen molar-refractivity contribution in [1.82, 2.24) is 19.7 Å². The molecule has 26 heavy (non-hydrogen) atoms. The molecule has 0 bridgehead atoms. The Labute approximate surface area is 149 Å². The Bertz CT molecular complexity index is 755. The van der Waals surface area contributed by atoms with Crippen molar-refractivity contribution in [3.8, 4) is 0 Å². The standard InChI is InChI=1S/C16H21F3N6O/c1-10-13(9-25(24-10)12-3-5-26-6-4-12)22-15-21-8-11(7-16(17,18)19)14(20-2)23-15/h8-9,12H,3-7H2,1-2H3,(H2,20,21,22,23). The van der Waals surface area contributed by atoms with Crippen LogP contribution in [0.15, 0.2) is 12.4 Å². The van der Waals surface area contributed by atoms with Crippen molar-refractivity contribution in [2.24, 2.45) is 0 Å². The third kappa shape index (κ3) is 4.43. The van der Waals surface area contributed by atoms with Crippen molar-refractivity contribution >= 4 is 17.5 Å². The number of halogens is 3. The highest BCUT2D eigenvalue weighted by Gasteiger charge is 2.29. The van der Waals surface area contributed by atoms with E-state index in [1.54, 1.807) is 0 Å². The molecule has 0 spiro atoms. The number of aromatic nitrogens is 4. The van der Waals surface area contributed by atoms with Gasteiger partial charge in [0.2, 0.25) is 5.95 Å². The first-order valence-electron chi connectivity index (χ1n) is 8.36. The summed E-state index contributed by atoms with van der Waals surface area (Å²) in [4.78, 5) is 8.15. The van der Waals surface area contributed by atoms with E-state index in [0.29, 0.717) is 13.2 Å². The second-order valence-corrected chi connectivity index (χ2v) is 6.19. The number of alkyl halides is 3. The second-order valence-electron chi connectivity index (χ2n) is 6.19. The van der Waals surface area contributed by atoms with Crippen LogP contribution < -0.4 is 10.6 Å². The number of rotatable bonds is 5. The van der Waals surface area contributed by atoms with Crippen LogP contribution in [0, 0.1) is 6.92 Å². The Hall–Kier alpha value is -2.36. The fourth-order valence-electron chi connectivity index (χ4n) is 2.89. The lowest BCUT2D eigenvalue weighted by molar-refractivity contribution is -0.127. The fraction of sp³-hybridized carbons (Fsp3) is 0.562. The molecule has 3 rings (SSSR count). The first-order valence-corrected chi connectivity index (χ1v) is 8.36. The topological polar surface area (TPSA) is 76.9 Å². The minimum absolute atomic E-state index is 0.000160. The average molecular weight is 370 g/mol. The highest BCUT2D eigenvalue weighted by Crippen LogP contribution is 2.27. The van der Waals surface area contributed by atoms with E-state index in [1.807, 2.05) is 17.8 Å². The summed E-state index contributed by atoms with van der Waals surface area (Å²) in [6.45, 7) is 3.28. The molecule has 2 aromatic rings. The molecule has 0 amide bonds. The lowest BCUT2D eigenvalue weighted by Crippen LogP contribution is -2.19. The number of ether oxygens (including phenoxy) is 1. The summed E-state index contributed by atoms with van der Waals surface area (Å²) >= 11 is 0. The van der Waals surface area contributed by atoms with Gasteiger partial charge in [0.25, 0.3) is 0 Å². The summed E-state index contributed by atoms with van der Waals surface area (Å²) in [5.74, 6) is 0.365. The maximum atomic E-state index is 12.6. The molecule has 10 heteroatoms. The largest absolute Gasteiger partial charge is 0.393 e. The Morgan fingerprint density at radius 3 is 2.69 bits per heavy atom. The molecule has 0 aliphatic carbocycles. The lowest BCUT2D eigenvalue weighted by atomic mass is 10.1. The third-order valence-electron chi connectivity index (χ3n) is 4.22. The third-order valence-corrected chi connectivity index (χ3v) is 4.22. The van der Waals surface area contributed by atoms with E-state index >= 15 is 0 Å². The summed E-state index contributed by atoms with van der Waals surface area (Å²) in [7, 11) is 1.53. The van der Waals surface area contributed by atoms with Crippen molar-refractivity contribution in [1.29, 1.82) is 0 Å². The van der Waals surface area contributed by atoms with E-state index in [1.165, 1.54) is 13.2 Å². The van der Waals surface area contributed by atoms with Crippen LogP contribution in [0.3, 0.4) is 0 Å². The Kier molecular flexibility index (Phi) is 5.30. The smallest absolute Gasteiger partial charge is 0.381 e. The molecule has 142 valence electrons. The van der Waals surface area contributed by atoms with Gasteiger partial charge in [-0.1, -0.05) is 0 Å². The van der Waals surface area contributed by atoms with Gasteiger partial charge in [-0.15, -0.1) is 0 Å². The fourth-order valence-corrected chi connectivity index (χ4v) is 2.89. The molecular weight excluding hydrogens is 349 g/mol. The van der Waals surface area contributed by atoms with Crippen molar-refractivity contribution in [3.05, 3.63) is 23.7 Å². The highest BCUT2D eigenvalue weighted by molar-refractivity contribution is 5.57. The van der Waals surface area contributed by atoms with Gasteiger partial charge in [0.05, 0.1) is 23.8 Å². The Morgan fingerprint density at radius 1 is 1.31 bits per heavy atom.